The van der Waals surface area contributed by atoms with Gasteiger partial charge in [-0.2, -0.15) is 0 Å². The molecule has 1 heterocycles. The number of benzene rings is 1. The lowest BCUT2D eigenvalue weighted by molar-refractivity contribution is 0.126. The van der Waals surface area contributed by atoms with Crippen molar-refractivity contribution in [1.29, 1.82) is 0 Å². The van der Waals surface area contributed by atoms with Crippen LogP contribution in [0.5, 0.6) is 0 Å². The Morgan fingerprint density at radius 2 is 2.22 bits per heavy atom. The van der Waals surface area contributed by atoms with Gasteiger partial charge in [0.2, 0.25) is 0 Å². The quantitative estimate of drug-likeness (QED) is 0.860. The van der Waals surface area contributed by atoms with E-state index in [-0.39, 0.29) is 22.4 Å². The predicted molar refractivity (Wildman–Crippen MR) is 67.9 cm³/mol. The first-order chi connectivity index (χ1) is 8.42. The van der Waals surface area contributed by atoms with Gasteiger partial charge in [0.1, 0.15) is 5.82 Å². The van der Waals surface area contributed by atoms with E-state index in [4.69, 9.17) is 16.3 Å². The van der Waals surface area contributed by atoms with Crippen LogP contribution in [0.2, 0.25) is 5.02 Å². The zero-order valence-corrected chi connectivity index (χ0v) is 11.5. The average molecular weight is 293 g/mol. The topological polar surface area (TPSA) is 43.4 Å². The lowest BCUT2D eigenvalue weighted by Crippen LogP contribution is -2.29. The Morgan fingerprint density at radius 1 is 1.50 bits per heavy atom. The van der Waals surface area contributed by atoms with Gasteiger partial charge in [0.05, 0.1) is 17.1 Å². The van der Waals surface area contributed by atoms with E-state index in [0.29, 0.717) is 13.0 Å². The first-order valence-electron chi connectivity index (χ1n) is 5.68. The summed E-state index contributed by atoms with van der Waals surface area (Å²) in [4.78, 5) is 0. The molecule has 0 amide bonds. The molecule has 2 atom stereocenters. The maximum atomic E-state index is 13.6. The minimum Gasteiger partial charge on any atom is -0.377 e. The predicted octanol–water partition coefficient (Wildman–Crippen LogP) is 2.57. The van der Waals surface area contributed by atoms with Crippen molar-refractivity contribution >= 4 is 21.4 Å². The Labute approximate surface area is 111 Å². The molecule has 0 radical (unpaired) electrons. The van der Waals surface area contributed by atoms with Crippen LogP contribution in [0.25, 0.3) is 0 Å². The lowest BCUT2D eigenvalue weighted by atomic mass is 10.2. The second-order valence-electron chi connectivity index (χ2n) is 4.41. The van der Waals surface area contributed by atoms with Crippen molar-refractivity contribution in [2.45, 2.75) is 30.5 Å². The molecule has 0 spiro atoms. The summed E-state index contributed by atoms with van der Waals surface area (Å²) < 4.78 is 43.3. The molecule has 0 bridgehead atoms. The number of ether oxygens (including phenoxy) is 1. The van der Waals surface area contributed by atoms with E-state index in [1.807, 2.05) is 0 Å². The van der Waals surface area contributed by atoms with Crippen LogP contribution in [0.4, 0.5) is 4.39 Å². The molecule has 0 aromatic heterocycles. The number of rotatable bonds is 3. The second kappa shape index (κ2) is 5.15. The summed E-state index contributed by atoms with van der Waals surface area (Å²) in [6, 6.07) is 4.16. The Hall–Kier alpha value is -0.650. The fourth-order valence-electron chi connectivity index (χ4n) is 2.16. The Bertz CT molecular complexity index is 524. The van der Waals surface area contributed by atoms with Gasteiger partial charge >= 0.3 is 0 Å². The highest BCUT2D eigenvalue weighted by Gasteiger charge is 2.36. The maximum Gasteiger partial charge on any atom is 0.160 e. The molecule has 100 valence electrons. The minimum atomic E-state index is -3.46. The Morgan fingerprint density at radius 3 is 2.78 bits per heavy atom. The van der Waals surface area contributed by atoms with Gasteiger partial charge in [-0.05, 0) is 25.5 Å². The standard InChI is InChI=1S/C12H14ClFO3S/c1-8-12(5-6-17-8)18(15,16)7-9-10(13)3-2-4-11(9)14/h2-4,8,12H,5-7H2,1H3/t8-,12+/m1/s1. The number of sulfone groups is 1. The second-order valence-corrected chi connectivity index (χ2v) is 7.04. The van der Waals surface area contributed by atoms with Crippen molar-refractivity contribution in [3.8, 4) is 0 Å². The van der Waals surface area contributed by atoms with E-state index < -0.39 is 20.9 Å². The van der Waals surface area contributed by atoms with Crippen LogP contribution in [0, 0.1) is 5.82 Å². The van der Waals surface area contributed by atoms with E-state index in [1.54, 1.807) is 6.92 Å². The third kappa shape index (κ3) is 2.68. The molecule has 0 unspecified atom stereocenters. The van der Waals surface area contributed by atoms with Gasteiger partial charge in [0.25, 0.3) is 0 Å². The molecular formula is C12H14ClFO3S. The van der Waals surface area contributed by atoms with Crippen LogP contribution in [0.15, 0.2) is 18.2 Å². The van der Waals surface area contributed by atoms with Crippen LogP contribution < -0.4 is 0 Å². The summed E-state index contributed by atoms with van der Waals surface area (Å²) in [5.41, 5.74) is 0.0401. The van der Waals surface area contributed by atoms with Crippen LogP contribution in [-0.2, 0) is 20.3 Å². The summed E-state index contributed by atoms with van der Waals surface area (Å²) in [6.07, 6.45) is 0.107. The molecule has 0 N–H and O–H groups in total. The van der Waals surface area contributed by atoms with E-state index in [0.717, 1.165) is 0 Å². The molecule has 1 aliphatic rings. The third-order valence-corrected chi connectivity index (χ3v) is 5.76. The van der Waals surface area contributed by atoms with E-state index in [1.165, 1.54) is 18.2 Å². The molecule has 1 aromatic rings. The minimum absolute atomic E-state index is 0.0401. The molecule has 3 nitrogen and oxygen atoms in total. The van der Waals surface area contributed by atoms with Crippen molar-refractivity contribution in [3.05, 3.63) is 34.6 Å². The van der Waals surface area contributed by atoms with Crippen LogP contribution >= 0.6 is 11.6 Å². The number of hydrogen-bond donors (Lipinski definition) is 0. The van der Waals surface area contributed by atoms with Gasteiger partial charge in [-0.15, -0.1) is 0 Å². The molecule has 0 saturated carbocycles. The highest BCUT2D eigenvalue weighted by atomic mass is 35.5. The fourth-order valence-corrected chi connectivity index (χ4v) is 4.50. The van der Waals surface area contributed by atoms with Gasteiger partial charge in [-0.3, -0.25) is 0 Å². The first kappa shape index (κ1) is 13.8. The highest BCUT2D eigenvalue weighted by Crippen LogP contribution is 2.27. The first-order valence-corrected chi connectivity index (χ1v) is 7.77. The fraction of sp³-hybridized carbons (Fsp3) is 0.500. The van der Waals surface area contributed by atoms with Crippen LogP contribution in [-0.4, -0.2) is 26.4 Å². The van der Waals surface area contributed by atoms with Gasteiger partial charge in [0.15, 0.2) is 9.84 Å². The summed E-state index contributed by atoms with van der Waals surface area (Å²) in [5, 5.41) is -0.432. The Balaban J connectivity index is 2.28. The molecule has 18 heavy (non-hydrogen) atoms. The maximum absolute atomic E-state index is 13.6. The highest BCUT2D eigenvalue weighted by molar-refractivity contribution is 7.91. The van der Waals surface area contributed by atoms with Gasteiger partial charge in [0, 0.05) is 17.2 Å². The Kier molecular flexibility index (Phi) is 3.94. The smallest absolute Gasteiger partial charge is 0.160 e. The molecular weight excluding hydrogens is 279 g/mol. The van der Waals surface area contributed by atoms with Gasteiger partial charge in [-0.25, -0.2) is 12.8 Å². The van der Waals surface area contributed by atoms with E-state index in [2.05, 4.69) is 0 Å². The zero-order valence-electron chi connectivity index (χ0n) is 9.90. The molecule has 1 saturated heterocycles. The third-order valence-electron chi connectivity index (χ3n) is 3.18. The summed E-state index contributed by atoms with van der Waals surface area (Å²) >= 11 is 5.84. The van der Waals surface area contributed by atoms with Crippen LogP contribution in [0.3, 0.4) is 0 Å². The van der Waals surface area contributed by atoms with E-state index >= 15 is 0 Å². The van der Waals surface area contributed by atoms with Crippen molar-refractivity contribution in [2.75, 3.05) is 6.61 Å². The number of halogens is 2. The van der Waals surface area contributed by atoms with Crippen molar-refractivity contribution in [1.82, 2.24) is 0 Å². The van der Waals surface area contributed by atoms with E-state index in [9.17, 15) is 12.8 Å². The lowest BCUT2D eigenvalue weighted by Gasteiger charge is -2.15. The normalized spacial score (nSPS) is 24.4. The van der Waals surface area contributed by atoms with Gasteiger partial charge < -0.3 is 4.74 Å². The summed E-state index contributed by atoms with van der Waals surface area (Å²) in [7, 11) is -3.46. The zero-order chi connectivity index (χ0) is 13.3. The molecule has 1 aliphatic heterocycles. The summed E-state index contributed by atoms with van der Waals surface area (Å²) in [6.45, 7) is 2.15. The van der Waals surface area contributed by atoms with Crippen LogP contribution in [0.1, 0.15) is 18.9 Å². The molecule has 1 fully saturated rings. The van der Waals surface area contributed by atoms with Gasteiger partial charge in [-0.1, -0.05) is 17.7 Å². The van der Waals surface area contributed by atoms with Crippen molar-refractivity contribution in [3.63, 3.8) is 0 Å². The average Bonchev–Trinajstić information content (AvgIpc) is 2.71. The van der Waals surface area contributed by atoms with Crippen molar-refractivity contribution < 1.29 is 17.5 Å². The van der Waals surface area contributed by atoms with Crippen molar-refractivity contribution in [2.24, 2.45) is 0 Å². The SMILES string of the molecule is C[C@H]1OCC[C@@H]1S(=O)(=O)Cc1c(F)cccc1Cl. The monoisotopic (exact) mass is 292 g/mol. The molecule has 0 aliphatic carbocycles. The number of hydrogen-bond acceptors (Lipinski definition) is 3. The molecule has 1 aromatic carbocycles. The molecule has 2 rings (SSSR count). The largest absolute Gasteiger partial charge is 0.377 e. The molecule has 6 heteroatoms. The summed E-state index contributed by atoms with van der Waals surface area (Å²) in [5.74, 6) is -0.964.